The first-order valence-electron chi connectivity index (χ1n) is 6.69. The minimum atomic E-state index is -3.53. The monoisotopic (exact) mass is 296 g/mol. The molecule has 4 rings (SSSR count). The third-order valence-corrected chi connectivity index (χ3v) is 6.51. The van der Waals surface area contributed by atoms with Crippen LogP contribution in [0, 0.1) is 0 Å². The van der Waals surface area contributed by atoms with E-state index in [4.69, 9.17) is 14.2 Å². The summed E-state index contributed by atoms with van der Waals surface area (Å²) in [6, 6.07) is 8.42. The van der Waals surface area contributed by atoms with Crippen molar-refractivity contribution < 1.29 is 22.6 Å². The number of hydrogen-bond acceptors (Lipinski definition) is 5. The van der Waals surface area contributed by atoms with Gasteiger partial charge in [0.2, 0.25) is 14.8 Å². The van der Waals surface area contributed by atoms with Crippen molar-refractivity contribution in [1.82, 2.24) is 0 Å². The molecule has 108 valence electrons. The Kier molecular flexibility index (Phi) is 2.31. The van der Waals surface area contributed by atoms with Crippen LogP contribution in [-0.4, -0.2) is 37.4 Å². The van der Waals surface area contributed by atoms with E-state index in [9.17, 15) is 8.42 Å². The zero-order valence-electron chi connectivity index (χ0n) is 11.3. The molecule has 4 atom stereocenters. The summed E-state index contributed by atoms with van der Waals surface area (Å²) in [5.41, 5.74) is 0. The molecule has 0 radical (unpaired) electrons. The van der Waals surface area contributed by atoms with Crippen molar-refractivity contribution in [3.8, 4) is 0 Å². The Bertz CT molecular complexity index is 653. The van der Waals surface area contributed by atoms with Crippen molar-refractivity contribution >= 4 is 9.84 Å². The van der Waals surface area contributed by atoms with Crippen LogP contribution in [0.5, 0.6) is 0 Å². The molecule has 5 nitrogen and oxygen atoms in total. The average Bonchev–Trinajstić information content (AvgIpc) is 2.94. The highest BCUT2D eigenvalue weighted by atomic mass is 32.2. The molecule has 0 unspecified atom stereocenters. The van der Waals surface area contributed by atoms with E-state index in [-0.39, 0.29) is 12.2 Å². The summed E-state index contributed by atoms with van der Waals surface area (Å²) in [6.07, 6.45) is -0.576. The second kappa shape index (κ2) is 3.62. The van der Waals surface area contributed by atoms with Gasteiger partial charge in [0.25, 0.3) is 0 Å². The van der Waals surface area contributed by atoms with E-state index in [1.165, 1.54) is 0 Å². The van der Waals surface area contributed by atoms with E-state index in [0.29, 0.717) is 11.3 Å². The molecule has 3 aliphatic rings. The molecule has 0 amide bonds. The van der Waals surface area contributed by atoms with Crippen LogP contribution in [0.1, 0.15) is 20.3 Å². The average molecular weight is 296 g/mol. The summed E-state index contributed by atoms with van der Waals surface area (Å²) < 4.78 is 42.6. The van der Waals surface area contributed by atoms with Gasteiger partial charge >= 0.3 is 0 Å². The summed E-state index contributed by atoms with van der Waals surface area (Å²) >= 11 is 0. The lowest BCUT2D eigenvalue weighted by Crippen LogP contribution is -2.30. The van der Waals surface area contributed by atoms with Gasteiger partial charge < -0.3 is 14.2 Å². The predicted molar refractivity (Wildman–Crippen MR) is 69.7 cm³/mol. The minimum absolute atomic E-state index is 0.206. The molecule has 1 aliphatic carbocycles. The van der Waals surface area contributed by atoms with Crippen LogP contribution in [0.4, 0.5) is 0 Å². The summed E-state index contributed by atoms with van der Waals surface area (Å²) in [5.74, 6) is -0.663. The predicted octanol–water partition coefficient (Wildman–Crippen LogP) is 1.48. The summed E-state index contributed by atoms with van der Waals surface area (Å²) in [4.78, 5) is -0.859. The Hall–Kier alpha value is -0.950. The molecule has 0 bridgehead atoms. The van der Waals surface area contributed by atoms with E-state index < -0.39 is 26.7 Å². The third kappa shape index (κ3) is 1.50. The molecule has 0 spiro atoms. The van der Waals surface area contributed by atoms with Gasteiger partial charge in [0.15, 0.2) is 5.79 Å². The molecule has 0 aromatic heterocycles. The minimum Gasteiger partial charge on any atom is -0.345 e. The number of benzene rings is 1. The van der Waals surface area contributed by atoms with Gasteiger partial charge in [0, 0.05) is 6.42 Å². The highest BCUT2D eigenvalue weighted by Gasteiger charge is 2.78. The molecule has 20 heavy (non-hydrogen) atoms. The maximum absolute atomic E-state index is 12.8. The molecule has 2 heterocycles. The van der Waals surface area contributed by atoms with Gasteiger partial charge in [-0.3, -0.25) is 0 Å². The number of hydrogen-bond donors (Lipinski definition) is 0. The molecule has 2 aliphatic heterocycles. The van der Waals surface area contributed by atoms with Crippen molar-refractivity contribution in [2.45, 2.75) is 54.2 Å². The first kappa shape index (κ1) is 12.8. The Balaban J connectivity index is 1.67. The molecule has 1 saturated carbocycles. The van der Waals surface area contributed by atoms with E-state index in [2.05, 4.69) is 0 Å². The zero-order chi connectivity index (χ0) is 14.2. The standard InChI is InChI=1S/C14H16O5S/c1-13(2)17-10-8-14(12(19-14)11(10)18-13)20(15,16)9-6-4-3-5-7-9/h3-7,10-12H,8H2,1-2H3/t10-,11-,12+,14+/m1/s1. The maximum atomic E-state index is 12.8. The SMILES string of the molecule is CC1(C)O[C@@H]2[C@@H](C[C@@]3(S(=O)(=O)c4ccccc4)O[C@@H]23)O1. The third-order valence-electron chi connectivity index (χ3n) is 4.22. The van der Waals surface area contributed by atoms with Gasteiger partial charge in [-0.15, -0.1) is 0 Å². The van der Waals surface area contributed by atoms with E-state index in [1.807, 2.05) is 13.8 Å². The van der Waals surface area contributed by atoms with Gasteiger partial charge in [0.05, 0.1) is 11.0 Å². The zero-order valence-corrected chi connectivity index (χ0v) is 12.1. The Morgan fingerprint density at radius 1 is 1.10 bits per heavy atom. The lowest BCUT2D eigenvalue weighted by Gasteiger charge is -2.19. The summed E-state index contributed by atoms with van der Waals surface area (Å²) in [5, 5.41) is 0. The second-order valence-electron chi connectivity index (χ2n) is 6.01. The lowest BCUT2D eigenvalue weighted by atomic mass is 10.2. The van der Waals surface area contributed by atoms with Gasteiger partial charge in [-0.25, -0.2) is 8.42 Å². The van der Waals surface area contributed by atoms with Crippen molar-refractivity contribution in [1.29, 1.82) is 0 Å². The molecule has 6 heteroatoms. The lowest BCUT2D eigenvalue weighted by molar-refractivity contribution is -0.149. The summed E-state index contributed by atoms with van der Waals surface area (Å²) in [6.45, 7) is 3.67. The number of rotatable bonds is 2. The number of sulfone groups is 1. The highest BCUT2D eigenvalue weighted by Crippen LogP contribution is 2.60. The smallest absolute Gasteiger partial charge is 0.210 e. The first-order valence-corrected chi connectivity index (χ1v) is 8.17. The van der Waals surface area contributed by atoms with Crippen molar-refractivity contribution in [3.05, 3.63) is 30.3 Å². The fourth-order valence-corrected chi connectivity index (χ4v) is 5.31. The maximum Gasteiger partial charge on any atom is 0.210 e. The van der Waals surface area contributed by atoms with Crippen LogP contribution in [-0.2, 0) is 24.0 Å². The van der Waals surface area contributed by atoms with Crippen LogP contribution < -0.4 is 0 Å². The van der Waals surface area contributed by atoms with Crippen molar-refractivity contribution in [2.75, 3.05) is 0 Å². The summed E-state index contributed by atoms with van der Waals surface area (Å²) in [7, 11) is -3.53. The van der Waals surface area contributed by atoms with Gasteiger partial charge in [0.1, 0.15) is 12.2 Å². The van der Waals surface area contributed by atoms with Crippen LogP contribution in [0.2, 0.25) is 0 Å². The normalized spacial score (nSPS) is 41.2. The van der Waals surface area contributed by atoms with Crippen LogP contribution in [0.3, 0.4) is 0 Å². The molecule has 1 aromatic carbocycles. The topological polar surface area (TPSA) is 65.1 Å². The fourth-order valence-electron chi connectivity index (χ4n) is 3.35. The molecular formula is C14H16O5S. The van der Waals surface area contributed by atoms with E-state index >= 15 is 0 Å². The molecule has 0 N–H and O–H groups in total. The molecule has 1 aromatic rings. The highest BCUT2D eigenvalue weighted by molar-refractivity contribution is 7.93. The Morgan fingerprint density at radius 2 is 1.80 bits per heavy atom. The van der Waals surface area contributed by atoms with Crippen LogP contribution in [0.15, 0.2) is 35.2 Å². The number of fused-ring (bicyclic) bond motifs is 3. The van der Waals surface area contributed by atoms with Gasteiger partial charge in [-0.2, -0.15) is 0 Å². The Labute approximate surface area is 117 Å². The first-order chi connectivity index (χ1) is 9.36. The molecule has 3 fully saturated rings. The number of ether oxygens (including phenoxy) is 3. The van der Waals surface area contributed by atoms with Crippen LogP contribution in [0.25, 0.3) is 0 Å². The fraction of sp³-hybridized carbons (Fsp3) is 0.571. The van der Waals surface area contributed by atoms with Crippen molar-refractivity contribution in [2.24, 2.45) is 0 Å². The molecule has 2 saturated heterocycles. The van der Waals surface area contributed by atoms with E-state index in [1.54, 1.807) is 30.3 Å². The van der Waals surface area contributed by atoms with Crippen molar-refractivity contribution in [3.63, 3.8) is 0 Å². The quantitative estimate of drug-likeness (QED) is 0.773. The van der Waals surface area contributed by atoms with E-state index in [0.717, 1.165) is 0 Å². The largest absolute Gasteiger partial charge is 0.345 e. The molecular weight excluding hydrogens is 280 g/mol. The second-order valence-corrected chi connectivity index (χ2v) is 8.18. The Morgan fingerprint density at radius 3 is 2.45 bits per heavy atom. The van der Waals surface area contributed by atoms with Gasteiger partial charge in [-0.05, 0) is 26.0 Å². The number of epoxide rings is 1. The van der Waals surface area contributed by atoms with Gasteiger partial charge in [-0.1, -0.05) is 18.2 Å². The van der Waals surface area contributed by atoms with Crippen LogP contribution >= 0.6 is 0 Å².